The lowest BCUT2D eigenvalue weighted by Gasteiger charge is -2.03. The molecule has 23 heavy (non-hydrogen) atoms. The summed E-state index contributed by atoms with van der Waals surface area (Å²) in [5.41, 5.74) is 2.55. The van der Waals surface area contributed by atoms with E-state index in [0.717, 1.165) is 16.1 Å². The molecule has 2 heterocycles. The van der Waals surface area contributed by atoms with Gasteiger partial charge in [0.25, 0.3) is 5.91 Å². The summed E-state index contributed by atoms with van der Waals surface area (Å²) in [6.45, 7) is 2.29. The Morgan fingerprint density at radius 3 is 2.70 bits per heavy atom. The van der Waals surface area contributed by atoms with E-state index in [0.29, 0.717) is 22.1 Å². The third kappa shape index (κ3) is 3.57. The van der Waals surface area contributed by atoms with Gasteiger partial charge in [-0.15, -0.1) is 11.3 Å². The van der Waals surface area contributed by atoms with E-state index in [1.165, 1.54) is 11.3 Å². The number of halogens is 1. The molecule has 0 saturated carbocycles. The van der Waals surface area contributed by atoms with Crippen LogP contribution in [0.3, 0.4) is 0 Å². The summed E-state index contributed by atoms with van der Waals surface area (Å²) in [6.07, 6.45) is 3.41. The van der Waals surface area contributed by atoms with Crippen molar-refractivity contribution in [2.24, 2.45) is 0 Å². The molecule has 4 nitrogen and oxygen atoms in total. The van der Waals surface area contributed by atoms with Crippen LogP contribution in [0.15, 0.2) is 48.8 Å². The Kier molecular flexibility index (Phi) is 4.69. The van der Waals surface area contributed by atoms with Crippen molar-refractivity contribution in [3.63, 3.8) is 0 Å². The summed E-state index contributed by atoms with van der Waals surface area (Å²) >= 11 is 7.55. The van der Waals surface area contributed by atoms with Crippen LogP contribution in [-0.2, 0) is 6.54 Å². The van der Waals surface area contributed by atoms with Crippen molar-refractivity contribution in [1.82, 2.24) is 15.3 Å². The first-order valence-corrected chi connectivity index (χ1v) is 8.24. The van der Waals surface area contributed by atoms with Gasteiger partial charge in [0, 0.05) is 24.5 Å². The molecule has 0 saturated heterocycles. The number of aryl methyl sites for hydroxylation is 1. The van der Waals surface area contributed by atoms with Crippen molar-refractivity contribution in [3.05, 3.63) is 69.9 Å². The minimum atomic E-state index is -0.130. The summed E-state index contributed by atoms with van der Waals surface area (Å²) in [5.74, 6) is -0.130. The summed E-state index contributed by atoms with van der Waals surface area (Å²) in [5, 5.41) is 4.29. The summed E-state index contributed by atoms with van der Waals surface area (Å²) < 4.78 is 0. The second kappa shape index (κ2) is 6.89. The quantitative estimate of drug-likeness (QED) is 0.776. The van der Waals surface area contributed by atoms with Gasteiger partial charge in [-0.1, -0.05) is 29.8 Å². The van der Waals surface area contributed by atoms with Gasteiger partial charge in [-0.3, -0.25) is 9.78 Å². The molecule has 6 heteroatoms. The predicted octanol–water partition coefficient (Wildman–Crippen LogP) is 4.10. The SMILES string of the molecule is Cc1nc(-c2ccccc2Cl)sc1C(=O)NCc1ccncc1. The van der Waals surface area contributed by atoms with Crippen molar-refractivity contribution in [1.29, 1.82) is 0 Å². The highest BCUT2D eigenvalue weighted by molar-refractivity contribution is 7.17. The topological polar surface area (TPSA) is 54.9 Å². The van der Waals surface area contributed by atoms with Crippen LogP contribution in [0.2, 0.25) is 5.02 Å². The zero-order valence-corrected chi connectivity index (χ0v) is 14.0. The molecule has 1 N–H and O–H groups in total. The van der Waals surface area contributed by atoms with Crippen molar-refractivity contribution in [2.75, 3.05) is 0 Å². The van der Waals surface area contributed by atoms with Crippen LogP contribution in [0.25, 0.3) is 10.6 Å². The number of benzene rings is 1. The lowest BCUT2D eigenvalue weighted by molar-refractivity contribution is 0.0954. The van der Waals surface area contributed by atoms with Crippen LogP contribution in [0, 0.1) is 6.92 Å². The van der Waals surface area contributed by atoms with Gasteiger partial charge in [0.05, 0.1) is 10.7 Å². The number of nitrogens with one attached hydrogen (secondary N) is 1. The molecule has 0 aliphatic rings. The normalized spacial score (nSPS) is 10.5. The summed E-state index contributed by atoms with van der Waals surface area (Å²) in [4.78, 5) is 21.4. The fourth-order valence-electron chi connectivity index (χ4n) is 2.12. The zero-order chi connectivity index (χ0) is 16.2. The van der Waals surface area contributed by atoms with Gasteiger partial charge < -0.3 is 5.32 Å². The van der Waals surface area contributed by atoms with E-state index in [2.05, 4.69) is 15.3 Å². The van der Waals surface area contributed by atoms with Crippen LogP contribution in [0.5, 0.6) is 0 Å². The van der Waals surface area contributed by atoms with Gasteiger partial charge in [-0.25, -0.2) is 4.98 Å². The minimum Gasteiger partial charge on any atom is -0.347 e. The summed E-state index contributed by atoms with van der Waals surface area (Å²) in [6, 6.07) is 11.2. The zero-order valence-electron chi connectivity index (χ0n) is 12.4. The molecule has 0 aliphatic heterocycles. The Labute approximate surface area is 143 Å². The average molecular weight is 344 g/mol. The van der Waals surface area contributed by atoms with E-state index in [-0.39, 0.29) is 5.91 Å². The Balaban J connectivity index is 1.78. The molecule has 3 aromatic rings. The van der Waals surface area contributed by atoms with Crippen LogP contribution >= 0.6 is 22.9 Å². The number of hydrogen-bond acceptors (Lipinski definition) is 4. The molecular weight excluding hydrogens is 330 g/mol. The molecule has 1 amide bonds. The maximum absolute atomic E-state index is 12.4. The van der Waals surface area contributed by atoms with E-state index in [1.54, 1.807) is 12.4 Å². The van der Waals surface area contributed by atoms with Gasteiger partial charge in [-0.05, 0) is 30.7 Å². The second-order valence-electron chi connectivity index (χ2n) is 4.95. The molecule has 0 spiro atoms. The number of pyridine rings is 1. The molecule has 0 bridgehead atoms. The van der Waals surface area contributed by atoms with Gasteiger partial charge >= 0.3 is 0 Å². The molecule has 3 rings (SSSR count). The highest BCUT2D eigenvalue weighted by Crippen LogP contribution is 2.32. The highest BCUT2D eigenvalue weighted by Gasteiger charge is 2.17. The molecular formula is C17H14ClN3OS. The van der Waals surface area contributed by atoms with Crippen molar-refractivity contribution in [2.45, 2.75) is 13.5 Å². The predicted molar refractivity (Wildman–Crippen MR) is 92.7 cm³/mol. The number of thiazole rings is 1. The fraction of sp³-hybridized carbons (Fsp3) is 0.118. The Hall–Kier alpha value is -2.24. The first kappa shape index (κ1) is 15.6. The summed E-state index contributed by atoms with van der Waals surface area (Å²) in [7, 11) is 0. The van der Waals surface area contributed by atoms with E-state index in [1.807, 2.05) is 43.3 Å². The maximum atomic E-state index is 12.4. The van der Waals surface area contributed by atoms with E-state index < -0.39 is 0 Å². The number of nitrogens with zero attached hydrogens (tertiary/aromatic N) is 2. The molecule has 116 valence electrons. The van der Waals surface area contributed by atoms with E-state index in [4.69, 9.17) is 11.6 Å². The Morgan fingerprint density at radius 2 is 1.96 bits per heavy atom. The minimum absolute atomic E-state index is 0.130. The van der Waals surface area contributed by atoms with Crippen molar-refractivity contribution >= 4 is 28.8 Å². The fourth-order valence-corrected chi connectivity index (χ4v) is 3.42. The van der Waals surface area contributed by atoms with Gasteiger partial charge in [0.15, 0.2) is 0 Å². The molecule has 1 aromatic carbocycles. The van der Waals surface area contributed by atoms with Gasteiger partial charge in [-0.2, -0.15) is 0 Å². The van der Waals surface area contributed by atoms with Crippen molar-refractivity contribution in [3.8, 4) is 10.6 Å². The van der Waals surface area contributed by atoms with Gasteiger partial charge in [0.2, 0.25) is 0 Å². The largest absolute Gasteiger partial charge is 0.347 e. The van der Waals surface area contributed by atoms with Gasteiger partial charge in [0.1, 0.15) is 9.88 Å². The Bertz CT molecular complexity index is 833. The number of carbonyl (C=O) groups is 1. The lowest BCUT2D eigenvalue weighted by Crippen LogP contribution is -2.22. The third-order valence-electron chi connectivity index (χ3n) is 3.31. The third-order valence-corrected chi connectivity index (χ3v) is 4.83. The monoisotopic (exact) mass is 343 g/mol. The molecule has 2 aromatic heterocycles. The second-order valence-corrected chi connectivity index (χ2v) is 6.36. The number of hydrogen-bond donors (Lipinski definition) is 1. The number of amides is 1. The van der Waals surface area contributed by atoms with Crippen molar-refractivity contribution < 1.29 is 4.79 Å². The first-order valence-electron chi connectivity index (χ1n) is 7.04. The standard InChI is InChI=1S/C17H14ClN3OS/c1-11-15(16(22)20-10-12-6-8-19-9-7-12)23-17(21-11)13-4-2-3-5-14(13)18/h2-9H,10H2,1H3,(H,20,22). The first-order chi connectivity index (χ1) is 11.1. The average Bonchev–Trinajstić information content (AvgIpc) is 2.96. The number of aromatic nitrogens is 2. The molecule has 0 aliphatic carbocycles. The Morgan fingerprint density at radius 1 is 1.22 bits per heavy atom. The van der Waals surface area contributed by atoms with Crippen LogP contribution in [0.4, 0.5) is 0 Å². The smallest absolute Gasteiger partial charge is 0.263 e. The van der Waals surface area contributed by atoms with E-state index >= 15 is 0 Å². The lowest BCUT2D eigenvalue weighted by atomic mass is 10.2. The van der Waals surface area contributed by atoms with Crippen LogP contribution in [-0.4, -0.2) is 15.9 Å². The number of carbonyl (C=O) groups excluding carboxylic acids is 1. The van der Waals surface area contributed by atoms with Crippen LogP contribution < -0.4 is 5.32 Å². The van der Waals surface area contributed by atoms with E-state index in [9.17, 15) is 4.79 Å². The maximum Gasteiger partial charge on any atom is 0.263 e. The molecule has 0 radical (unpaired) electrons. The highest BCUT2D eigenvalue weighted by atomic mass is 35.5. The molecule has 0 atom stereocenters. The number of rotatable bonds is 4. The molecule has 0 fully saturated rings. The van der Waals surface area contributed by atoms with Crippen LogP contribution in [0.1, 0.15) is 20.9 Å². The molecule has 0 unspecified atom stereocenters.